The largest absolute Gasteiger partial charge is 0.452 e. The van der Waals surface area contributed by atoms with Crippen LogP contribution in [0.4, 0.5) is 5.69 Å². The Morgan fingerprint density at radius 1 is 1.19 bits per heavy atom. The van der Waals surface area contributed by atoms with Gasteiger partial charge in [-0.25, -0.2) is 9.78 Å². The summed E-state index contributed by atoms with van der Waals surface area (Å²) >= 11 is 1.49. The molecule has 1 N–H and O–H groups in total. The van der Waals surface area contributed by atoms with Gasteiger partial charge in [0.05, 0.1) is 10.2 Å². The van der Waals surface area contributed by atoms with Crippen molar-refractivity contribution in [2.24, 2.45) is 0 Å². The van der Waals surface area contributed by atoms with Gasteiger partial charge in [-0.1, -0.05) is 37.3 Å². The van der Waals surface area contributed by atoms with Gasteiger partial charge in [-0.15, -0.1) is 11.3 Å². The minimum atomic E-state index is -0.579. The number of para-hydroxylation sites is 2. The molecule has 0 spiro atoms. The Labute approximate surface area is 161 Å². The molecule has 3 aromatic rings. The SMILES string of the molecule is CCc1cccc(C)c1NC(=O)COC(=O)/C=C/c1nc2ccccc2s1. The zero-order valence-electron chi connectivity index (χ0n) is 15.2. The number of carbonyl (C=O) groups is 2. The number of anilines is 1. The number of ether oxygens (including phenoxy) is 1. The summed E-state index contributed by atoms with van der Waals surface area (Å²) < 4.78 is 6.08. The first-order valence-electron chi connectivity index (χ1n) is 8.65. The van der Waals surface area contributed by atoms with Crippen molar-refractivity contribution >= 4 is 45.2 Å². The maximum atomic E-state index is 12.1. The predicted octanol–water partition coefficient (Wildman–Crippen LogP) is 4.36. The molecular weight excluding hydrogens is 360 g/mol. The number of nitrogens with zero attached hydrogens (tertiary/aromatic N) is 1. The van der Waals surface area contributed by atoms with Crippen molar-refractivity contribution in [2.75, 3.05) is 11.9 Å². The molecule has 1 aromatic heterocycles. The van der Waals surface area contributed by atoms with Crippen LogP contribution in [-0.2, 0) is 20.7 Å². The van der Waals surface area contributed by atoms with Crippen LogP contribution in [0.1, 0.15) is 23.1 Å². The van der Waals surface area contributed by atoms with E-state index in [0.717, 1.165) is 33.5 Å². The van der Waals surface area contributed by atoms with Gasteiger partial charge in [0.25, 0.3) is 5.91 Å². The first-order chi connectivity index (χ1) is 13.1. The summed E-state index contributed by atoms with van der Waals surface area (Å²) in [5.41, 5.74) is 3.70. The second-order valence-electron chi connectivity index (χ2n) is 5.97. The minimum absolute atomic E-state index is 0.333. The maximum Gasteiger partial charge on any atom is 0.331 e. The molecule has 3 rings (SSSR count). The minimum Gasteiger partial charge on any atom is -0.452 e. The van der Waals surface area contributed by atoms with E-state index >= 15 is 0 Å². The van der Waals surface area contributed by atoms with Gasteiger partial charge in [0.1, 0.15) is 5.01 Å². The number of hydrogen-bond donors (Lipinski definition) is 1. The number of amides is 1. The van der Waals surface area contributed by atoms with Crippen LogP contribution in [0, 0.1) is 6.92 Å². The number of hydrogen-bond acceptors (Lipinski definition) is 5. The number of thiazole rings is 1. The highest BCUT2D eigenvalue weighted by molar-refractivity contribution is 7.19. The Hall–Kier alpha value is -2.99. The average molecular weight is 380 g/mol. The molecule has 1 amide bonds. The number of rotatable bonds is 6. The van der Waals surface area contributed by atoms with Crippen LogP contribution >= 0.6 is 11.3 Å². The van der Waals surface area contributed by atoms with Crippen molar-refractivity contribution < 1.29 is 14.3 Å². The summed E-state index contributed by atoms with van der Waals surface area (Å²) in [5.74, 6) is -0.939. The highest BCUT2D eigenvalue weighted by atomic mass is 32.1. The van der Waals surface area contributed by atoms with E-state index in [1.54, 1.807) is 6.08 Å². The fourth-order valence-electron chi connectivity index (χ4n) is 2.66. The van der Waals surface area contributed by atoms with Crippen LogP contribution in [-0.4, -0.2) is 23.5 Å². The summed E-state index contributed by atoms with van der Waals surface area (Å²) in [5, 5.41) is 3.54. The van der Waals surface area contributed by atoms with Gasteiger partial charge in [-0.3, -0.25) is 4.79 Å². The normalized spacial score (nSPS) is 11.0. The van der Waals surface area contributed by atoms with Crippen LogP contribution in [0.5, 0.6) is 0 Å². The van der Waals surface area contributed by atoms with Gasteiger partial charge in [0.15, 0.2) is 6.61 Å². The Bertz CT molecular complexity index is 975. The van der Waals surface area contributed by atoms with Gasteiger partial charge in [0.2, 0.25) is 0 Å². The number of fused-ring (bicyclic) bond motifs is 1. The Balaban J connectivity index is 1.55. The fourth-order valence-corrected chi connectivity index (χ4v) is 3.53. The lowest BCUT2D eigenvalue weighted by Gasteiger charge is -2.12. The third-order valence-corrected chi connectivity index (χ3v) is 5.02. The molecular formula is C21H20N2O3S. The van der Waals surface area contributed by atoms with Crippen LogP contribution in [0.15, 0.2) is 48.5 Å². The molecule has 0 fully saturated rings. The highest BCUT2D eigenvalue weighted by Gasteiger charge is 2.10. The zero-order chi connectivity index (χ0) is 19.2. The van der Waals surface area contributed by atoms with Crippen LogP contribution < -0.4 is 5.32 Å². The lowest BCUT2D eigenvalue weighted by atomic mass is 10.1. The van der Waals surface area contributed by atoms with Gasteiger partial charge in [-0.05, 0) is 42.7 Å². The van der Waals surface area contributed by atoms with E-state index in [0.29, 0.717) is 5.01 Å². The number of nitrogens with one attached hydrogen (secondary N) is 1. The zero-order valence-corrected chi connectivity index (χ0v) is 16.0. The van der Waals surface area contributed by atoms with Gasteiger partial charge in [-0.2, -0.15) is 0 Å². The highest BCUT2D eigenvalue weighted by Crippen LogP contribution is 2.22. The Kier molecular flexibility index (Phi) is 5.98. The summed E-state index contributed by atoms with van der Waals surface area (Å²) in [6.45, 7) is 3.62. The molecule has 0 saturated carbocycles. The average Bonchev–Trinajstić information content (AvgIpc) is 3.09. The lowest BCUT2D eigenvalue weighted by Crippen LogP contribution is -2.21. The van der Waals surface area contributed by atoms with Crippen LogP contribution in [0.3, 0.4) is 0 Å². The van der Waals surface area contributed by atoms with Crippen LogP contribution in [0.2, 0.25) is 0 Å². The van der Waals surface area contributed by atoms with Crippen molar-refractivity contribution in [1.82, 2.24) is 4.98 Å². The quantitative estimate of drug-likeness (QED) is 0.509. The number of esters is 1. The molecule has 2 aromatic carbocycles. The van der Waals surface area contributed by atoms with Crippen molar-refractivity contribution in [1.29, 1.82) is 0 Å². The molecule has 5 nitrogen and oxygen atoms in total. The fraction of sp³-hybridized carbons (Fsp3) is 0.190. The van der Waals surface area contributed by atoms with E-state index in [-0.39, 0.29) is 12.5 Å². The molecule has 138 valence electrons. The smallest absolute Gasteiger partial charge is 0.331 e. The molecule has 0 unspecified atom stereocenters. The van der Waals surface area contributed by atoms with E-state index < -0.39 is 5.97 Å². The maximum absolute atomic E-state index is 12.1. The second kappa shape index (κ2) is 8.60. The molecule has 0 aliphatic rings. The molecule has 0 saturated heterocycles. The molecule has 27 heavy (non-hydrogen) atoms. The third kappa shape index (κ3) is 4.80. The number of carbonyl (C=O) groups excluding carboxylic acids is 2. The summed E-state index contributed by atoms with van der Waals surface area (Å²) in [4.78, 5) is 28.4. The monoisotopic (exact) mass is 380 g/mol. The summed E-state index contributed by atoms with van der Waals surface area (Å²) in [6.07, 6.45) is 3.69. The van der Waals surface area contributed by atoms with Crippen molar-refractivity contribution in [2.45, 2.75) is 20.3 Å². The van der Waals surface area contributed by atoms with E-state index in [2.05, 4.69) is 10.3 Å². The van der Waals surface area contributed by atoms with E-state index in [1.807, 2.05) is 56.3 Å². The molecule has 0 aliphatic carbocycles. The van der Waals surface area contributed by atoms with Crippen molar-refractivity contribution in [3.05, 3.63) is 64.7 Å². The van der Waals surface area contributed by atoms with Crippen molar-refractivity contribution in [3.63, 3.8) is 0 Å². The van der Waals surface area contributed by atoms with Crippen molar-refractivity contribution in [3.8, 4) is 0 Å². The number of aromatic nitrogens is 1. The van der Waals surface area contributed by atoms with Gasteiger partial charge >= 0.3 is 5.97 Å². The van der Waals surface area contributed by atoms with Gasteiger partial charge in [0, 0.05) is 11.8 Å². The predicted molar refractivity (Wildman–Crippen MR) is 109 cm³/mol. The standard InChI is InChI=1S/C21H20N2O3S/c1-3-15-8-6-7-14(2)21(15)23-18(24)13-26-20(25)12-11-19-22-16-9-4-5-10-17(16)27-19/h4-12H,3,13H2,1-2H3,(H,23,24)/b12-11+. The molecule has 0 bridgehead atoms. The van der Waals surface area contributed by atoms with Gasteiger partial charge < -0.3 is 10.1 Å². The topological polar surface area (TPSA) is 68.3 Å². The van der Waals surface area contributed by atoms with E-state index in [1.165, 1.54) is 17.4 Å². The molecule has 0 radical (unpaired) electrons. The Morgan fingerprint density at radius 2 is 2.00 bits per heavy atom. The first-order valence-corrected chi connectivity index (χ1v) is 9.47. The number of aryl methyl sites for hydroxylation is 2. The molecule has 0 aliphatic heterocycles. The summed E-state index contributed by atoms with van der Waals surface area (Å²) in [6, 6.07) is 13.6. The molecule has 6 heteroatoms. The van der Waals surface area contributed by atoms with E-state index in [9.17, 15) is 9.59 Å². The molecule has 0 atom stereocenters. The number of benzene rings is 2. The lowest BCUT2D eigenvalue weighted by molar-refractivity contribution is -0.142. The van der Waals surface area contributed by atoms with Crippen LogP contribution in [0.25, 0.3) is 16.3 Å². The first kappa shape index (κ1) is 18.8. The summed E-state index contributed by atoms with van der Waals surface area (Å²) in [7, 11) is 0. The Morgan fingerprint density at radius 3 is 2.78 bits per heavy atom. The third-order valence-electron chi connectivity index (χ3n) is 4.02. The second-order valence-corrected chi connectivity index (χ2v) is 7.03. The van der Waals surface area contributed by atoms with E-state index in [4.69, 9.17) is 4.74 Å². The molecule has 1 heterocycles.